The third-order valence-corrected chi connectivity index (χ3v) is 5.83. The van der Waals surface area contributed by atoms with E-state index in [1.807, 2.05) is 23.1 Å². The first-order valence-corrected chi connectivity index (χ1v) is 10.2. The lowest BCUT2D eigenvalue weighted by Gasteiger charge is -2.35. The molecule has 0 saturated carbocycles. The lowest BCUT2D eigenvalue weighted by molar-refractivity contribution is -0.122. The standard InChI is InChI=1S/C23H22F2N4O2/c1-13-23(30)27-18-6-3-7-19(21(18)31-13)29-8-4-5-14-9-16(15-11-26-28(2)12-15)17(22(24)25)10-20(14)29/h3,6-7,9-13,22H,4-5,8H2,1-2H3,(H,27,30). The monoisotopic (exact) mass is 424 g/mol. The van der Waals surface area contributed by atoms with Crippen LogP contribution in [0.2, 0.25) is 0 Å². The second kappa shape index (κ2) is 7.37. The normalized spacial score (nSPS) is 17.8. The number of benzene rings is 2. The fourth-order valence-corrected chi connectivity index (χ4v) is 4.31. The van der Waals surface area contributed by atoms with Crippen molar-refractivity contribution >= 4 is 23.0 Å². The lowest BCUT2D eigenvalue weighted by Crippen LogP contribution is -2.35. The van der Waals surface area contributed by atoms with Gasteiger partial charge in [0.15, 0.2) is 11.9 Å². The molecule has 160 valence electrons. The Morgan fingerprint density at radius 1 is 1.26 bits per heavy atom. The number of carbonyl (C=O) groups is 1. The van der Waals surface area contributed by atoms with Gasteiger partial charge in [-0.15, -0.1) is 0 Å². The van der Waals surface area contributed by atoms with Crippen molar-refractivity contribution in [1.82, 2.24) is 9.78 Å². The summed E-state index contributed by atoms with van der Waals surface area (Å²) in [6, 6.07) is 8.96. The lowest BCUT2D eigenvalue weighted by atomic mass is 9.92. The molecule has 5 rings (SSSR count). The van der Waals surface area contributed by atoms with Crippen molar-refractivity contribution in [3.63, 3.8) is 0 Å². The van der Waals surface area contributed by atoms with E-state index in [1.165, 1.54) is 0 Å². The van der Waals surface area contributed by atoms with Crippen LogP contribution >= 0.6 is 0 Å². The predicted molar refractivity (Wildman–Crippen MR) is 114 cm³/mol. The number of nitrogens with zero attached hydrogens (tertiary/aromatic N) is 3. The van der Waals surface area contributed by atoms with Gasteiger partial charge >= 0.3 is 0 Å². The number of ether oxygens (including phenoxy) is 1. The van der Waals surface area contributed by atoms with E-state index in [9.17, 15) is 13.6 Å². The predicted octanol–water partition coefficient (Wildman–Crippen LogP) is 4.83. The van der Waals surface area contributed by atoms with E-state index in [0.29, 0.717) is 29.1 Å². The Morgan fingerprint density at radius 3 is 2.84 bits per heavy atom. The van der Waals surface area contributed by atoms with Crippen LogP contribution in [0.15, 0.2) is 42.7 Å². The Hall–Kier alpha value is -3.42. The van der Waals surface area contributed by atoms with Crippen LogP contribution in [0, 0.1) is 0 Å². The Kier molecular flexibility index (Phi) is 4.64. The van der Waals surface area contributed by atoms with Crippen molar-refractivity contribution in [1.29, 1.82) is 0 Å². The first-order chi connectivity index (χ1) is 14.9. The van der Waals surface area contributed by atoms with Crippen LogP contribution in [-0.4, -0.2) is 28.3 Å². The number of anilines is 3. The number of rotatable bonds is 3. The maximum atomic E-state index is 14.1. The number of para-hydroxylation sites is 1. The zero-order valence-corrected chi connectivity index (χ0v) is 17.2. The van der Waals surface area contributed by atoms with E-state index in [4.69, 9.17) is 4.74 Å². The van der Waals surface area contributed by atoms with Crippen LogP contribution < -0.4 is 15.0 Å². The summed E-state index contributed by atoms with van der Waals surface area (Å²) < 4.78 is 35.7. The van der Waals surface area contributed by atoms with E-state index >= 15 is 0 Å². The van der Waals surface area contributed by atoms with Gasteiger partial charge in [0.25, 0.3) is 12.3 Å². The topological polar surface area (TPSA) is 59.4 Å². The number of halogens is 2. The highest BCUT2D eigenvalue weighted by atomic mass is 19.3. The van der Waals surface area contributed by atoms with Gasteiger partial charge in [0, 0.05) is 36.6 Å². The molecule has 3 heterocycles. The average molecular weight is 424 g/mol. The minimum Gasteiger partial charge on any atom is -0.476 e. The summed E-state index contributed by atoms with van der Waals surface area (Å²) >= 11 is 0. The molecule has 6 nitrogen and oxygen atoms in total. The Labute approximate surface area is 178 Å². The van der Waals surface area contributed by atoms with E-state index in [2.05, 4.69) is 10.4 Å². The molecule has 31 heavy (non-hydrogen) atoms. The number of hydrogen-bond acceptors (Lipinski definition) is 4. The molecule has 0 bridgehead atoms. The second-order valence-electron chi connectivity index (χ2n) is 7.93. The molecular weight excluding hydrogens is 402 g/mol. The number of alkyl halides is 2. The molecule has 3 aromatic rings. The molecule has 1 aromatic heterocycles. The minimum atomic E-state index is -2.62. The van der Waals surface area contributed by atoms with Gasteiger partial charge in [-0.25, -0.2) is 8.78 Å². The molecule has 0 aliphatic carbocycles. The molecule has 1 unspecified atom stereocenters. The number of aromatic nitrogens is 2. The summed E-state index contributed by atoms with van der Waals surface area (Å²) in [5.41, 5.74) is 4.26. The number of fused-ring (bicyclic) bond motifs is 2. The fourth-order valence-electron chi connectivity index (χ4n) is 4.31. The Balaban J connectivity index is 1.64. The summed E-state index contributed by atoms with van der Waals surface area (Å²) in [5.74, 6) is 0.363. The van der Waals surface area contributed by atoms with Gasteiger partial charge in [0.2, 0.25) is 0 Å². The Bertz CT molecular complexity index is 1170. The molecule has 0 fully saturated rings. The van der Waals surface area contributed by atoms with Crippen molar-refractivity contribution in [2.75, 3.05) is 16.8 Å². The molecule has 1 atom stereocenters. The van der Waals surface area contributed by atoms with Crippen molar-refractivity contribution in [2.45, 2.75) is 32.3 Å². The van der Waals surface area contributed by atoms with E-state index in [1.54, 1.807) is 43.2 Å². The molecule has 2 aliphatic heterocycles. The first kappa shape index (κ1) is 19.5. The highest BCUT2D eigenvalue weighted by Crippen LogP contribution is 2.46. The summed E-state index contributed by atoms with van der Waals surface area (Å²) in [4.78, 5) is 14.0. The van der Waals surface area contributed by atoms with Gasteiger partial charge in [-0.05, 0) is 55.2 Å². The van der Waals surface area contributed by atoms with Crippen molar-refractivity contribution in [3.8, 4) is 16.9 Å². The maximum absolute atomic E-state index is 14.1. The van der Waals surface area contributed by atoms with E-state index in [-0.39, 0.29) is 11.5 Å². The second-order valence-corrected chi connectivity index (χ2v) is 7.93. The van der Waals surface area contributed by atoms with Crippen LogP contribution in [0.1, 0.15) is 30.9 Å². The summed E-state index contributed by atoms with van der Waals surface area (Å²) in [6.45, 7) is 2.36. The van der Waals surface area contributed by atoms with Crippen molar-refractivity contribution < 1.29 is 18.3 Å². The van der Waals surface area contributed by atoms with Gasteiger partial charge in [-0.1, -0.05) is 6.07 Å². The molecule has 2 aliphatic rings. The van der Waals surface area contributed by atoms with Crippen molar-refractivity contribution in [3.05, 3.63) is 53.9 Å². The van der Waals surface area contributed by atoms with Crippen LogP contribution in [-0.2, 0) is 18.3 Å². The average Bonchev–Trinajstić information content (AvgIpc) is 3.19. The summed E-state index contributed by atoms with van der Waals surface area (Å²) in [5, 5.41) is 7.00. The first-order valence-electron chi connectivity index (χ1n) is 10.2. The van der Waals surface area contributed by atoms with Gasteiger partial charge in [0.1, 0.15) is 0 Å². The molecule has 1 amide bonds. The quantitative estimate of drug-likeness (QED) is 0.654. The number of nitrogens with one attached hydrogen (secondary N) is 1. The molecule has 0 radical (unpaired) electrons. The zero-order chi connectivity index (χ0) is 21.7. The van der Waals surface area contributed by atoms with Crippen molar-refractivity contribution in [2.24, 2.45) is 7.05 Å². The third-order valence-electron chi connectivity index (χ3n) is 5.83. The molecular formula is C23H22F2N4O2. The van der Waals surface area contributed by atoms with Gasteiger partial charge in [-0.2, -0.15) is 5.10 Å². The van der Waals surface area contributed by atoms with Crippen LogP contribution in [0.3, 0.4) is 0 Å². The summed E-state index contributed by atoms with van der Waals surface area (Å²) in [6.07, 6.45) is 1.79. The van der Waals surface area contributed by atoms with Crippen LogP contribution in [0.25, 0.3) is 11.1 Å². The molecule has 2 aromatic carbocycles. The van der Waals surface area contributed by atoms with Gasteiger partial charge < -0.3 is 15.0 Å². The number of amides is 1. The van der Waals surface area contributed by atoms with Crippen LogP contribution in [0.4, 0.5) is 25.8 Å². The number of hydrogen-bond donors (Lipinski definition) is 1. The van der Waals surface area contributed by atoms with E-state index in [0.717, 1.165) is 29.8 Å². The van der Waals surface area contributed by atoms with Gasteiger partial charge in [-0.3, -0.25) is 9.48 Å². The molecule has 0 spiro atoms. The Morgan fingerprint density at radius 2 is 2.10 bits per heavy atom. The molecule has 8 heteroatoms. The maximum Gasteiger partial charge on any atom is 0.265 e. The zero-order valence-electron chi connectivity index (χ0n) is 17.2. The largest absolute Gasteiger partial charge is 0.476 e. The van der Waals surface area contributed by atoms with Crippen LogP contribution in [0.5, 0.6) is 5.75 Å². The SMILES string of the molecule is CC1Oc2c(cccc2N2CCCc3cc(-c4cnn(C)c4)c(C(F)F)cc32)NC1=O. The third kappa shape index (κ3) is 3.32. The fraction of sp³-hybridized carbons (Fsp3) is 0.304. The number of carbonyl (C=O) groups excluding carboxylic acids is 1. The summed E-state index contributed by atoms with van der Waals surface area (Å²) in [7, 11) is 1.77. The molecule has 0 saturated heterocycles. The van der Waals surface area contributed by atoms with Gasteiger partial charge in [0.05, 0.1) is 17.6 Å². The highest BCUT2D eigenvalue weighted by molar-refractivity contribution is 5.99. The van der Waals surface area contributed by atoms with E-state index < -0.39 is 12.5 Å². The highest BCUT2D eigenvalue weighted by Gasteiger charge is 2.30. The smallest absolute Gasteiger partial charge is 0.265 e. The minimum absolute atomic E-state index is 0.0222. The molecule has 1 N–H and O–H groups in total. The number of aryl methyl sites for hydroxylation is 2.